The number of benzene rings is 1. The van der Waals surface area contributed by atoms with Gasteiger partial charge in [-0.3, -0.25) is 9.89 Å². The second-order valence-corrected chi connectivity index (χ2v) is 7.98. The van der Waals surface area contributed by atoms with E-state index in [9.17, 15) is 0 Å². The molecule has 6 nitrogen and oxygen atoms in total. The lowest BCUT2D eigenvalue weighted by Gasteiger charge is -2.33. The summed E-state index contributed by atoms with van der Waals surface area (Å²) < 4.78 is 5.75. The van der Waals surface area contributed by atoms with Crippen molar-refractivity contribution in [3.05, 3.63) is 66.1 Å². The van der Waals surface area contributed by atoms with Gasteiger partial charge in [0.15, 0.2) is 5.96 Å². The molecule has 160 valence electrons. The van der Waals surface area contributed by atoms with Gasteiger partial charge in [0.25, 0.3) is 0 Å². The van der Waals surface area contributed by atoms with Gasteiger partial charge in [-0.25, -0.2) is 0 Å². The summed E-state index contributed by atoms with van der Waals surface area (Å²) in [5.74, 6) is 1.84. The van der Waals surface area contributed by atoms with Crippen LogP contribution in [0.3, 0.4) is 0 Å². The molecule has 2 N–H and O–H groups in total. The van der Waals surface area contributed by atoms with E-state index in [1.54, 1.807) is 6.26 Å². The number of nitrogens with one attached hydrogen (secondary N) is 2. The van der Waals surface area contributed by atoms with Crippen molar-refractivity contribution in [3.8, 4) is 0 Å². The molecule has 30 heavy (non-hydrogen) atoms. The number of anilines is 1. The molecule has 1 fully saturated rings. The zero-order valence-electron chi connectivity index (χ0n) is 17.9. The molecule has 0 amide bonds. The van der Waals surface area contributed by atoms with E-state index < -0.39 is 0 Å². The van der Waals surface area contributed by atoms with E-state index in [4.69, 9.17) is 4.42 Å². The SMILES string of the molecule is CN=C(NCc1cccc(N2CC=CC2)c1)NCC(c1ccco1)N1CCCCC1. The number of piperidine rings is 1. The van der Waals surface area contributed by atoms with Gasteiger partial charge in [0, 0.05) is 38.9 Å². The summed E-state index contributed by atoms with van der Waals surface area (Å²) in [5, 5.41) is 6.97. The van der Waals surface area contributed by atoms with Gasteiger partial charge >= 0.3 is 0 Å². The van der Waals surface area contributed by atoms with Crippen LogP contribution >= 0.6 is 0 Å². The summed E-state index contributed by atoms with van der Waals surface area (Å²) in [6.07, 6.45) is 10.0. The molecule has 0 bridgehead atoms. The number of hydrogen-bond acceptors (Lipinski definition) is 4. The zero-order chi connectivity index (χ0) is 20.6. The third kappa shape index (κ3) is 5.25. The van der Waals surface area contributed by atoms with Gasteiger partial charge in [-0.1, -0.05) is 30.7 Å². The molecule has 0 saturated carbocycles. The molecule has 1 atom stereocenters. The maximum Gasteiger partial charge on any atom is 0.191 e. The fourth-order valence-electron chi connectivity index (χ4n) is 4.27. The van der Waals surface area contributed by atoms with Crippen LogP contribution in [0.15, 0.2) is 64.2 Å². The van der Waals surface area contributed by atoms with Crippen LogP contribution in [-0.4, -0.2) is 50.6 Å². The minimum Gasteiger partial charge on any atom is -0.468 e. The molecule has 1 aromatic carbocycles. The molecule has 0 radical (unpaired) electrons. The van der Waals surface area contributed by atoms with Crippen molar-refractivity contribution in [1.82, 2.24) is 15.5 Å². The first-order valence-corrected chi connectivity index (χ1v) is 11.0. The van der Waals surface area contributed by atoms with Crippen LogP contribution in [0.5, 0.6) is 0 Å². The second-order valence-electron chi connectivity index (χ2n) is 7.98. The number of nitrogens with zero attached hydrogens (tertiary/aromatic N) is 3. The van der Waals surface area contributed by atoms with Gasteiger partial charge in [-0.15, -0.1) is 0 Å². The maximum absolute atomic E-state index is 5.75. The predicted octanol–water partition coefficient (Wildman–Crippen LogP) is 3.55. The summed E-state index contributed by atoms with van der Waals surface area (Å²) >= 11 is 0. The van der Waals surface area contributed by atoms with Gasteiger partial charge in [0.05, 0.1) is 12.3 Å². The Hall–Kier alpha value is -2.73. The Kier molecular flexibility index (Phi) is 7.08. The summed E-state index contributed by atoms with van der Waals surface area (Å²) in [6, 6.07) is 13.0. The van der Waals surface area contributed by atoms with Gasteiger partial charge in [-0.05, 0) is 55.8 Å². The highest BCUT2D eigenvalue weighted by molar-refractivity contribution is 5.79. The summed E-state index contributed by atoms with van der Waals surface area (Å²) in [4.78, 5) is 9.31. The fourth-order valence-corrected chi connectivity index (χ4v) is 4.27. The minimum atomic E-state index is 0.227. The van der Waals surface area contributed by atoms with Crippen LogP contribution in [0.4, 0.5) is 5.69 Å². The van der Waals surface area contributed by atoms with E-state index in [2.05, 4.69) is 67.9 Å². The summed E-state index contributed by atoms with van der Waals surface area (Å²) in [6.45, 7) is 5.74. The molecule has 2 aromatic rings. The molecule has 6 heteroatoms. The highest BCUT2D eigenvalue weighted by Gasteiger charge is 2.24. The number of rotatable bonds is 7. The topological polar surface area (TPSA) is 56.0 Å². The van der Waals surface area contributed by atoms with Crippen molar-refractivity contribution in [1.29, 1.82) is 0 Å². The van der Waals surface area contributed by atoms with E-state index in [1.807, 2.05) is 13.1 Å². The van der Waals surface area contributed by atoms with Crippen LogP contribution in [0, 0.1) is 0 Å². The van der Waals surface area contributed by atoms with E-state index in [0.29, 0.717) is 0 Å². The van der Waals surface area contributed by atoms with Crippen LogP contribution in [0.25, 0.3) is 0 Å². The first kappa shape index (κ1) is 20.5. The van der Waals surface area contributed by atoms with Crippen molar-refractivity contribution in [2.45, 2.75) is 31.8 Å². The summed E-state index contributed by atoms with van der Waals surface area (Å²) in [7, 11) is 1.82. The summed E-state index contributed by atoms with van der Waals surface area (Å²) in [5.41, 5.74) is 2.52. The maximum atomic E-state index is 5.75. The van der Waals surface area contributed by atoms with Crippen molar-refractivity contribution in [2.75, 3.05) is 44.7 Å². The van der Waals surface area contributed by atoms with E-state index in [1.165, 1.54) is 30.5 Å². The number of guanidine groups is 1. The van der Waals surface area contributed by atoms with Crippen molar-refractivity contribution >= 4 is 11.6 Å². The van der Waals surface area contributed by atoms with Crippen LogP contribution in [0.2, 0.25) is 0 Å². The van der Waals surface area contributed by atoms with Gasteiger partial charge in [0.1, 0.15) is 5.76 Å². The Morgan fingerprint density at radius 1 is 1.07 bits per heavy atom. The molecule has 2 aliphatic rings. The normalized spacial score (nSPS) is 18.6. The third-order valence-electron chi connectivity index (χ3n) is 5.94. The first-order chi connectivity index (χ1) is 14.8. The molecule has 1 saturated heterocycles. The van der Waals surface area contributed by atoms with Gasteiger partial charge in [-0.2, -0.15) is 0 Å². The van der Waals surface area contributed by atoms with E-state index in [-0.39, 0.29) is 6.04 Å². The molecule has 3 heterocycles. The Morgan fingerprint density at radius 2 is 1.90 bits per heavy atom. The van der Waals surface area contributed by atoms with Crippen LogP contribution < -0.4 is 15.5 Å². The lowest BCUT2D eigenvalue weighted by atomic mass is 10.1. The average Bonchev–Trinajstić information content (AvgIpc) is 3.52. The second kappa shape index (κ2) is 10.3. The number of aliphatic imine (C=N–C) groups is 1. The number of hydrogen-bond donors (Lipinski definition) is 2. The van der Waals surface area contributed by atoms with Crippen LogP contribution in [-0.2, 0) is 6.54 Å². The molecule has 4 rings (SSSR count). The highest BCUT2D eigenvalue weighted by atomic mass is 16.3. The largest absolute Gasteiger partial charge is 0.468 e. The first-order valence-electron chi connectivity index (χ1n) is 11.0. The van der Waals surface area contributed by atoms with Crippen molar-refractivity contribution < 1.29 is 4.42 Å². The van der Waals surface area contributed by atoms with Gasteiger partial charge < -0.3 is 20.0 Å². The monoisotopic (exact) mass is 407 g/mol. The molecular weight excluding hydrogens is 374 g/mol. The Bertz CT molecular complexity index is 831. The molecular formula is C24H33N5O. The Labute approximate surface area is 179 Å². The lowest BCUT2D eigenvalue weighted by molar-refractivity contribution is 0.146. The standard InChI is InChI=1S/C24H33N5O/c1-25-24(26-18-20-9-7-10-21(17-20)28-12-5-6-13-28)27-19-22(23-11-8-16-30-23)29-14-3-2-4-15-29/h5-11,16-17,22H,2-4,12-15,18-19H2,1H3,(H2,25,26,27). The smallest absolute Gasteiger partial charge is 0.191 e. The van der Waals surface area contributed by atoms with E-state index >= 15 is 0 Å². The fraction of sp³-hybridized carbons (Fsp3) is 0.458. The van der Waals surface area contributed by atoms with E-state index in [0.717, 1.165) is 51.0 Å². The van der Waals surface area contributed by atoms with Crippen molar-refractivity contribution in [3.63, 3.8) is 0 Å². The number of likely N-dealkylation sites (tertiary alicyclic amines) is 1. The zero-order valence-corrected chi connectivity index (χ0v) is 17.9. The van der Waals surface area contributed by atoms with Gasteiger partial charge in [0.2, 0.25) is 0 Å². The molecule has 0 spiro atoms. The lowest BCUT2D eigenvalue weighted by Crippen LogP contribution is -2.44. The number of furan rings is 1. The molecule has 1 unspecified atom stereocenters. The minimum absolute atomic E-state index is 0.227. The molecule has 2 aliphatic heterocycles. The Balaban J connectivity index is 1.33. The molecule has 1 aromatic heterocycles. The quantitative estimate of drug-likeness (QED) is 0.418. The third-order valence-corrected chi connectivity index (χ3v) is 5.94. The average molecular weight is 408 g/mol. The van der Waals surface area contributed by atoms with Crippen LogP contribution in [0.1, 0.15) is 36.6 Å². The predicted molar refractivity (Wildman–Crippen MR) is 123 cm³/mol. The Morgan fingerprint density at radius 3 is 2.63 bits per heavy atom. The highest BCUT2D eigenvalue weighted by Crippen LogP contribution is 2.24. The van der Waals surface area contributed by atoms with Crippen molar-refractivity contribution in [2.24, 2.45) is 4.99 Å². The molecule has 0 aliphatic carbocycles.